The molecule has 0 saturated heterocycles. The topological polar surface area (TPSA) is 57.7 Å². The highest BCUT2D eigenvalue weighted by Crippen LogP contribution is 2.25. The van der Waals surface area contributed by atoms with Gasteiger partial charge in [0, 0.05) is 16.5 Å². The van der Waals surface area contributed by atoms with Gasteiger partial charge in [-0.15, -0.1) is 11.3 Å². The first-order valence-corrected chi connectivity index (χ1v) is 8.94. The van der Waals surface area contributed by atoms with Crippen LogP contribution in [-0.4, -0.2) is 25.2 Å². The molecule has 1 aromatic heterocycles. The summed E-state index contributed by atoms with van der Waals surface area (Å²) in [4.78, 5) is 16.7. The van der Waals surface area contributed by atoms with Gasteiger partial charge in [-0.1, -0.05) is 30.3 Å². The molecule has 0 amide bonds. The second-order valence-electron chi connectivity index (χ2n) is 5.53. The quantitative estimate of drug-likeness (QED) is 0.587. The van der Waals surface area contributed by atoms with E-state index in [-0.39, 0.29) is 19.0 Å². The van der Waals surface area contributed by atoms with Crippen LogP contribution < -0.4 is 9.47 Å². The molecule has 0 aliphatic carbocycles. The van der Waals surface area contributed by atoms with Crippen molar-refractivity contribution in [2.45, 2.75) is 13.0 Å². The van der Waals surface area contributed by atoms with Crippen LogP contribution in [0.4, 0.5) is 0 Å². The van der Waals surface area contributed by atoms with Gasteiger partial charge in [0.15, 0.2) is 0 Å². The number of carbonyl (C=O) groups is 1. The number of ether oxygens (including phenoxy) is 3. The minimum absolute atomic E-state index is 0.120. The molecule has 26 heavy (non-hydrogen) atoms. The van der Waals surface area contributed by atoms with Crippen LogP contribution in [0, 0.1) is 0 Å². The summed E-state index contributed by atoms with van der Waals surface area (Å²) in [5.74, 6) is 1.00. The molecule has 0 saturated carbocycles. The fourth-order valence-corrected chi connectivity index (χ4v) is 3.28. The Morgan fingerprint density at radius 3 is 2.62 bits per heavy atom. The Bertz CT molecular complexity index is 877. The summed E-state index contributed by atoms with van der Waals surface area (Å²) in [5.41, 5.74) is 2.50. The molecule has 1 heterocycles. The van der Waals surface area contributed by atoms with Crippen LogP contribution in [0.1, 0.15) is 11.3 Å². The molecule has 134 valence electrons. The van der Waals surface area contributed by atoms with Crippen molar-refractivity contribution in [3.8, 4) is 22.1 Å². The Hall–Kier alpha value is -2.86. The average molecular weight is 369 g/mol. The maximum Gasteiger partial charge on any atom is 0.312 e. The lowest BCUT2D eigenvalue weighted by atomic mass is 10.2. The Labute approximate surface area is 156 Å². The molecule has 0 spiro atoms. The predicted molar refractivity (Wildman–Crippen MR) is 101 cm³/mol. The molecule has 5 nitrogen and oxygen atoms in total. The zero-order valence-electron chi connectivity index (χ0n) is 14.6. The lowest BCUT2D eigenvalue weighted by molar-refractivity contribution is -0.144. The van der Waals surface area contributed by atoms with E-state index < -0.39 is 0 Å². The van der Waals surface area contributed by atoms with Gasteiger partial charge in [0.1, 0.15) is 23.1 Å². The van der Waals surface area contributed by atoms with Crippen molar-refractivity contribution in [3.05, 3.63) is 65.2 Å². The number of rotatable bonds is 7. The zero-order valence-corrected chi connectivity index (χ0v) is 15.4. The van der Waals surface area contributed by atoms with E-state index >= 15 is 0 Å². The highest BCUT2D eigenvalue weighted by molar-refractivity contribution is 7.13. The zero-order chi connectivity index (χ0) is 18.4. The summed E-state index contributed by atoms with van der Waals surface area (Å²) < 4.78 is 15.9. The number of carbonyl (C=O) groups excluding carboxylic acids is 1. The molecule has 0 atom stereocenters. The smallest absolute Gasteiger partial charge is 0.312 e. The van der Waals surface area contributed by atoms with E-state index in [2.05, 4.69) is 4.98 Å². The van der Waals surface area contributed by atoms with Crippen molar-refractivity contribution in [3.63, 3.8) is 0 Å². The Balaban J connectivity index is 1.61. The molecule has 0 aliphatic rings. The van der Waals surface area contributed by atoms with Crippen LogP contribution >= 0.6 is 11.3 Å². The lowest BCUT2D eigenvalue weighted by Gasteiger charge is -2.10. The number of hydrogen-bond donors (Lipinski definition) is 0. The summed E-state index contributed by atoms with van der Waals surface area (Å²) in [5, 5.41) is 2.78. The van der Waals surface area contributed by atoms with Crippen molar-refractivity contribution >= 4 is 17.3 Å². The Morgan fingerprint density at radius 1 is 1.08 bits per heavy atom. The molecule has 0 bridgehead atoms. The first kappa shape index (κ1) is 17.9. The summed E-state index contributed by atoms with van der Waals surface area (Å²) in [6, 6.07) is 15.3. The van der Waals surface area contributed by atoms with E-state index in [0.717, 1.165) is 16.1 Å². The van der Waals surface area contributed by atoms with Gasteiger partial charge in [-0.05, 0) is 18.2 Å². The van der Waals surface area contributed by atoms with Gasteiger partial charge in [0.2, 0.25) is 0 Å². The van der Waals surface area contributed by atoms with Gasteiger partial charge in [0.05, 0.1) is 26.3 Å². The molecule has 6 heteroatoms. The van der Waals surface area contributed by atoms with Crippen molar-refractivity contribution in [2.24, 2.45) is 0 Å². The van der Waals surface area contributed by atoms with E-state index in [0.29, 0.717) is 17.2 Å². The standard InChI is InChI=1S/C20H19NO4S/c1-23-17-8-9-18(24-2)15(10-17)12-25-19(22)11-16-13-26-20(21-16)14-6-4-3-5-7-14/h3-10,13H,11-12H2,1-2H3. The third-order valence-corrected chi connectivity index (χ3v) is 4.71. The predicted octanol–water partition coefficient (Wildman–Crippen LogP) is 4.11. The third kappa shape index (κ3) is 4.40. The normalized spacial score (nSPS) is 10.4. The van der Waals surface area contributed by atoms with Crippen molar-refractivity contribution in [2.75, 3.05) is 14.2 Å². The van der Waals surface area contributed by atoms with E-state index in [1.807, 2.05) is 35.7 Å². The van der Waals surface area contributed by atoms with Gasteiger partial charge >= 0.3 is 5.97 Å². The number of nitrogens with zero attached hydrogens (tertiary/aromatic N) is 1. The lowest BCUT2D eigenvalue weighted by Crippen LogP contribution is -2.09. The molecule has 3 aromatic rings. The average Bonchev–Trinajstić information content (AvgIpc) is 3.15. The molecule has 2 aromatic carbocycles. The molecule has 0 aliphatic heterocycles. The van der Waals surface area contributed by atoms with Crippen LogP contribution in [0.5, 0.6) is 11.5 Å². The largest absolute Gasteiger partial charge is 0.497 e. The summed E-state index contributed by atoms with van der Waals surface area (Å²) in [7, 11) is 3.16. The van der Waals surface area contributed by atoms with Crippen LogP contribution in [0.3, 0.4) is 0 Å². The fourth-order valence-electron chi connectivity index (χ4n) is 2.45. The molecule has 0 unspecified atom stereocenters. The van der Waals surface area contributed by atoms with Crippen molar-refractivity contribution < 1.29 is 19.0 Å². The van der Waals surface area contributed by atoms with Crippen molar-refractivity contribution in [1.82, 2.24) is 4.98 Å². The number of aromatic nitrogens is 1. The minimum atomic E-state index is -0.334. The molecule has 3 rings (SSSR count). The van der Waals surface area contributed by atoms with E-state index in [4.69, 9.17) is 14.2 Å². The second-order valence-corrected chi connectivity index (χ2v) is 6.38. The molecular formula is C20H19NO4S. The maximum atomic E-state index is 12.2. The number of benzene rings is 2. The van der Waals surface area contributed by atoms with E-state index in [1.54, 1.807) is 32.4 Å². The first-order chi connectivity index (χ1) is 12.7. The monoisotopic (exact) mass is 369 g/mol. The third-order valence-electron chi connectivity index (χ3n) is 3.77. The Kier molecular flexibility index (Phi) is 5.86. The summed E-state index contributed by atoms with van der Waals surface area (Å²) >= 11 is 1.51. The van der Waals surface area contributed by atoms with Crippen LogP contribution in [0.15, 0.2) is 53.9 Å². The molecule has 0 N–H and O–H groups in total. The number of methoxy groups -OCH3 is 2. The van der Waals surface area contributed by atoms with Gasteiger partial charge < -0.3 is 14.2 Å². The van der Waals surface area contributed by atoms with Crippen LogP contribution in [-0.2, 0) is 22.6 Å². The SMILES string of the molecule is COc1ccc(OC)c(COC(=O)Cc2csc(-c3ccccc3)n2)c1. The van der Waals surface area contributed by atoms with Gasteiger partial charge in [0.25, 0.3) is 0 Å². The Morgan fingerprint density at radius 2 is 1.88 bits per heavy atom. The van der Waals surface area contributed by atoms with E-state index in [9.17, 15) is 4.79 Å². The second kappa shape index (κ2) is 8.49. The van der Waals surface area contributed by atoms with Crippen molar-refractivity contribution in [1.29, 1.82) is 0 Å². The van der Waals surface area contributed by atoms with Crippen LogP contribution in [0.25, 0.3) is 10.6 Å². The summed E-state index contributed by atoms with van der Waals surface area (Å²) in [6.45, 7) is 0.120. The number of thiazole rings is 1. The molecule has 0 radical (unpaired) electrons. The summed E-state index contributed by atoms with van der Waals surface area (Å²) in [6.07, 6.45) is 0.135. The van der Waals surface area contributed by atoms with Gasteiger partial charge in [-0.25, -0.2) is 4.98 Å². The first-order valence-electron chi connectivity index (χ1n) is 8.06. The number of hydrogen-bond acceptors (Lipinski definition) is 6. The highest BCUT2D eigenvalue weighted by Gasteiger charge is 2.12. The van der Waals surface area contributed by atoms with E-state index in [1.165, 1.54) is 11.3 Å². The highest BCUT2D eigenvalue weighted by atomic mass is 32.1. The fraction of sp³-hybridized carbons (Fsp3) is 0.200. The van der Waals surface area contributed by atoms with Gasteiger partial charge in [-0.2, -0.15) is 0 Å². The molecule has 0 fully saturated rings. The minimum Gasteiger partial charge on any atom is -0.497 e. The molecular weight excluding hydrogens is 350 g/mol. The maximum absolute atomic E-state index is 12.2. The number of esters is 1. The van der Waals surface area contributed by atoms with Gasteiger partial charge in [-0.3, -0.25) is 4.79 Å². The van der Waals surface area contributed by atoms with Crippen LogP contribution in [0.2, 0.25) is 0 Å².